The highest BCUT2D eigenvalue weighted by Crippen LogP contribution is 2.40. The van der Waals surface area contributed by atoms with E-state index >= 15 is 0 Å². The smallest absolute Gasteiger partial charge is 0.120 e. The Kier molecular flexibility index (Phi) is 3.95. The topological polar surface area (TPSA) is 32.3 Å². The van der Waals surface area contributed by atoms with Crippen LogP contribution in [0.2, 0.25) is 5.02 Å². The van der Waals surface area contributed by atoms with Gasteiger partial charge in [-0.1, -0.05) is 48.0 Å². The van der Waals surface area contributed by atoms with Crippen molar-refractivity contribution in [2.24, 2.45) is 0 Å². The Morgan fingerprint density at radius 2 is 1.75 bits per heavy atom. The van der Waals surface area contributed by atoms with Crippen LogP contribution in [-0.4, -0.2) is 11.1 Å². The maximum Gasteiger partial charge on any atom is 0.120 e. The van der Waals surface area contributed by atoms with Gasteiger partial charge >= 0.3 is 0 Å². The largest absolute Gasteiger partial charge is 0.508 e. The lowest BCUT2D eigenvalue weighted by molar-refractivity contribution is 0.288. The van der Waals surface area contributed by atoms with E-state index in [9.17, 15) is 5.11 Å². The van der Waals surface area contributed by atoms with E-state index in [2.05, 4.69) is 11.4 Å². The number of hydrogen-bond acceptors (Lipinski definition) is 2. The van der Waals surface area contributed by atoms with E-state index < -0.39 is 0 Å². The number of halogens is 1. The lowest BCUT2D eigenvalue weighted by Crippen LogP contribution is -2.39. The normalized spacial score (nSPS) is 21.4. The molecular formula is C17H18ClNO. The minimum Gasteiger partial charge on any atom is -0.508 e. The van der Waals surface area contributed by atoms with Gasteiger partial charge in [0.25, 0.3) is 0 Å². The fourth-order valence-corrected chi connectivity index (χ4v) is 3.05. The molecular weight excluding hydrogens is 270 g/mol. The number of aromatic hydroxyl groups is 1. The second-order valence-corrected chi connectivity index (χ2v) is 5.80. The Bertz CT molecular complexity index is 590. The molecule has 20 heavy (non-hydrogen) atoms. The first-order valence-corrected chi connectivity index (χ1v) is 7.36. The first-order chi connectivity index (χ1) is 9.74. The van der Waals surface area contributed by atoms with Gasteiger partial charge in [0.05, 0.1) is 0 Å². The number of rotatable bonds is 4. The number of phenolic OH excluding ortho intramolecular Hbond substituents is 1. The number of benzene rings is 2. The lowest BCUT2D eigenvalue weighted by atomic mass is 9.76. The first-order valence-electron chi connectivity index (χ1n) is 6.98. The third-order valence-electron chi connectivity index (χ3n) is 4.06. The van der Waals surface area contributed by atoms with Gasteiger partial charge < -0.3 is 10.4 Å². The zero-order chi connectivity index (χ0) is 13.9. The summed E-state index contributed by atoms with van der Waals surface area (Å²) < 4.78 is 0. The van der Waals surface area contributed by atoms with Gasteiger partial charge in [-0.25, -0.2) is 0 Å². The third kappa shape index (κ3) is 2.82. The van der Waals surface area contributed by atoms with Crippen molar-refractivity contribution in [2.75, 3.05) is 0 Å². The van der Waals surface area contributed by atoms with Crippen molar-refractivity contribution in [2.45, 2.75) is 31.3 Å². The van der Waals surface area contributed by atoms with Crippen LogP contribution in [0.5, 0.6) is 5.75 Å². The molecule has 1 fully saturated rings. The Morgan fingerprint density at radius 1 is 1.05 bits per heavy atom. The SMILES string of the molecule is Oc1ccccc1CNC1CC(c2ccccc2Cl)C1. The highest BCUT2D eigenvalue weighted by molar-refractivity contribution is 6.31. The van der Waals surface area contributed by atoms with Gasteiger partial charge in [0.1, 0.15) is 5.75 Å². The molecule has 0 aromatic heterocycles. The molecule has 2 aromatic carbocycles. The first kappa shape index (κ1) is 13.5. The highest BCUT2D eigenvalue weighted by atomic mass is 35.5. The molecule has 0 spiro atoms. The minimum atomic E-state index is 0.363. The Labute approximate surface area is 124 Å². The maximum atomic E-state index is 9.72. The molecule has 1 aliphatic carbocycles. The Hall–Kier alpha value is -1.51. The molecule has 3 heteroatoms. The fraction of sp³-hybridized carbons (Fsp3) is 0.294. The van der Waals surface area contributed by atoms with E-state index in [1.54, 1.807) is 6.07 Å². The zero-order valence-corrected chi connectivity index (χ0v) is 12.0. The van der Waals surface area contributed by atoms with Crippen molar-refractivity contribution in [3.8, 4) is 5.75 Å². The summed E-state index contributed by atoms with van der Waals surface area (Å²) in [6.07, 6.45) is 2.22. The van der Waals surface area contributed by atoms with Crippen LogP contribution in [0.1, 0.15) is 29.9 Å². The summed E-state index contributed by atoms with van der Waals surface area (Å²) in [5, 5.41) is 14.1. The van der Waals surface area contributed by atoms with Crippen molar-refractivity contribution in [3.63, 3.8) is 0 Å². The third-order valence-corrected chi connectivity index (χ3v) is 4.40. The number of hydrogen-bond donors (Lipinski definition) is 2. The van der Waals surface area contributed by atoms with E-state index in [4.69, 9.17) is 11.6 Å². The van der Waals surface area contributed by atoms with Crippen LogP contribution in [0.15, 0.2) is 48.5 Å². The van der Waals surface area contributed by atoms with Gasteiger partial charge in [0.2, 0.25) is 0 Å². The van der Waals surface area contributed by atoms with Crippen LogP contribution in [0.4, 0.5) is 0 Å². The van der Waals surface area contributed by atoms with Crippen molar-refractivity contribution >= 4 is 11.6 Å². The molecule has 2 nitrogen and oxygen atoms in total. The molecule has 1 aliphatic rings. The zero-order valence-electron chi connectivity index (χ0n) is 11.2. The molecule has 0 bridgehead atoms. The molecule has 0 heterocycles. The van der Waals surface area contributed by atoms with Crippen molar-refractivity contribution < 1.29 is 5.11 Å². The van der Waals surface area contributed by atoms with E-state index in [-0.39, 0.29) is 0 Å². The van der Waals surface area contributed by atoms with Crippen LogP contribution in [0, 0.1) is 0 Å². The number of nitrogens with one attached hydrogen (secondary N) is 1. The highest BCUT2D eigenvalue weighted by Gasteiger charge is 2.30. The summed E-state index contributed by atoms with van der Waals surface area (Å²) in [7, 11) is 0. The van der Waals surface area contributed by atoms with Gasteiger partial charge in [-0.2, -0.15) is 0 Å². The molecule has 0 radical (unpaired) electrons. The predicted octanol–water partition coefficient (Wildman–Crippen LogP) is 4.08. The average molecular weight is 288 g/mol. The molecule has 2 N–H and O–H groups in total. The molecule has 3 rings (SSSR count). The maximum absolute atomic E-state index is 9.72. The summed E-state index contributed by atoms with van der Waals surface area (Å²) in [5.74, 6) is 0.924. The van der Waals surface area contributed by atoms with Gasteiger partial charge in [-0.3, -0.25) is 0 Å². The van der Waals surface area contributed by atoms with Crippen molar-refractivity contribution in [1.82, 2.24) is 5.32 Å². The molecule has 0 atom stereocenters. The molecule has 0 amide bonds. The van der Waals surface area contributed by atoms with Gasteiger partial charge in [0.15, 0.2) is 0 Å². The predicted molar refractivity (Wildman–Crippen MR) is 82.2 cm³/mol. The summed E-state index contributed by atoms with van der Waals surface area (Å²) in [4.78, 5) is 0. The number of phenols is 1. The van der Waals surface area contributed by atoms with E-state index in [0.717, 1.165) is 23.4 Å². The van der Waals surface area contributed by atoms with Crippen LogP contribution in [-0.2, 0) is 6.54 Å². The van der Waals surface area contributed by atoms with Crippen molar-refractivity contribution in [3.05, 3.63) is 64.7 Å². The van der Waals surface area contributed by atoms with Gasteiger partial charge in [-0.05, 0) is 36.5 Å². The number of para-hydroxylation sites is 1. The van der Waals surface area contributed by atoms with Crippen LogP contribution in [0.3, 0.4) is 0 Å². The molecule has 0 aliphatic heterocycles. The standard InChI is InChI=1S/C17H18ClNO/c18-16-7-3-2-6-15(16)13-9-14(10-13)19-11-12-5-1-4-8-17(12)20/h1-8,13-14,19-20H,9-11H2. The van der Waals surface area contributed by atoms with Crippen LogP contribution < -0.4 is 5.32 Å². The summed E-state index contributed by atoms with van der Waals surface area (Å²) in [6.45, 7) is 0.715. The summed E-state index contributed by atoms with van der Waals surface area (Å²) in [5.41, 5.74) is 2.21. The molecule has 0 unspecified atom stereocenters. The summed E-state index contributed by atoms with van der Waals surface area (Å²) in [6, 6.07) is 16.1. The van der Waals surface area contributed by atoms with Crippen LogP contribution in [0.25, 0.3) is 0 Å². The minimum absolute atomic E-state index is 0.363. The van der Waals surface area contributed by atoms with E-state index in [1.165, 1.54) is 5.56 Å². The fourth-order valence-electron chi connectivity index (χ4n) is 2.76. The summed E-state index contributed by atoms with van der Waals surface area (Å²) >= 11 is 6.22. The van der Waals surface area contributed by atoms with Crippen molar-refractivity contribution in [1.29, 1.82) is 0 Å². The molecule has 1 saturated carbocycles. The van der Waals surface area contributed by atoms with Gasteiger partial charge in [0, 0.05) is 23.2 Å². The molecule has 104 valence electrons. The molecule has 0 saturated heterocycles. The van der Waals surface area contributed by atoms with Crippen LogP contribution >= 0.6 is 11.6 Å². The second-order valence-electron chi connectivity index (χ2n) is 5.40. The van der Waals surface area contributed by atoms with E-state index in [0.29, 0.717) is 24.3 Å². The lowest BCUT2D eigenvalue weighted by Gasteiger charge is -2.37. The van der Waals surface area contributed by atoms with E-state index in [1.807, 2.05) is 36.4 Å². The Morgan fingerprint density at radius 3 is 2.50 bits per heavy atom. The second kappa shape index (κ2) is 5.86. The van der Waals surface area contributed by atoms with Gasteiger partial charge in [-0.15, -0.1) is 0 Å². The monoisotopic (exact) mass is 287 g/mol. The Balaban J connectivity index is 1.52. The average Bonchev–Trinajstić information content (AvgIpc) is 2.41. The quantitative estimate of drug-likeness (QED) is 0.888. The molecule has 2 aromatic rings.